The van der Waals surface area contributed by atoms with Crippen molar-refractivity contribution in [2.45, 2.75) is 70.1 Å². The van der Waals surface area contributed by atoms with Crippen LogP contribution in [-0.4, -0.2) is 0 Å². The van der Waals surface area contributed by atoms with Gasteiger partial charge in [0.1, 0.15) is 5.82 Å². The Hall–Kier alpha value is 0.175. The molecule has 2 aliphatic carbocycles. The van der Waals surface area contributed by atoms with E-state index in [0.717, 1.165) is 17.0 Å². The fourth-order valence-electron chi connectivity index (χ4n) is 4.81. The Morgan fingerprint density at radius 3 is 2.00 bits per heavy atom. The number of rotatable bonds is 3. The van der Waals surface area contributed by atoms with Gasteiger partial charge < -0.3 is 6.42 Å². The molecule has 2 fully saturated rings. The normalized spacial score (nSPS) is 23.6. The van der Waals surface area contributed by atoms with E-state index in [-0.39, 0.29) is 64.0 Å². The Morgan fingerprint density at radius 2 is 1.37 bits per heavy atom. The van der Waals surface area contributed by atoms with Gasteiger partial charge in [0.05, 0.1) is 0 Å². The zero-order chi connectivity index (χ0) is 17.9. The predicted molar refractivity (Wildman–Crippen MR) is 108 cm³/mol. The van der Waals surface area contributed by atoms with E-state index < -0.39 is 0 Å². The molecule has 2 aromatic rings. The number of hydrogen-bond donors (Lipinski definition) is 0. The molecule has 0 nitrogen and oxygen atoms in total. The number of hydrogen-bond acceptors (Lipinski definition) is 0. The fraction of sp³-hybridized carbons (Fsp3) is 0.480. The summed E-state index contributed by atoms with van der Waals surface area (Å²) in [4.78, 5) is 0. The van der Waals surface area contributed by atoms with Crippen LogP contribution in [0.2, 0.25) is 0 Å². The average Bonchev–Trinajstić information content (AvgIpc) is 2.69. The number of benzene rings is 2. The summed E-state index contributed by atoms with van der Waals surface area (Å²) in [6, 6.07) is 14.6. The second kappa shape index (κ2) is 10.3. The maximum Gasteiger partial charge on any atom is 1.00 e. The second-order valence-corrected chi connectivity index (χ2v) is 8.46. The van der Waals surface area contributed by atoms with Crippen LogP contribution in [0, 0.1) is 18.2 Å². The van der Waals surface area contributed by atoms with Crippen molar-refractivity contribution in [2.24, 2.45) is 5.92 Å². The Bertz CT molecular complexity index is 722. The topological polar surface area (TPSA) is 0 Å². The molecule has 0 amide bonds. The minimum Gasteiger partial charge on any atom is -0.328 e. The SMILES string of the molecule is CC1CCC(c2ccc(-c3ccc(C4CC[CH-]CC4)cc3)c(F)c2)CC1.[Rb+]. The molecular formula is C25H30FRb. The molecule has 2 aromatic carbocycles. The third-order valence-corrected chi connectivity index (χ3v) is 6.61. The van der Waals surface area contributed by atoms with Gasteiger partial charge in [0.25, 0.3) is 0 Å². The van der Waals surface area contributed by atoms with E-state index in [1.807, 2.05) is 6.07 Å². The molecule has 0 unspecified atom stereocenters. The first-order valence-electron chi connectivity index (χ1n) is 10.4. The molecule has 0 N–H and O–H groups in total. The average molecular weight is 435 g/mol. The summed E-state index contributed by atoms with van der Waals surface area (Å²) in [7, 11) is 0. The first-order chi connectivity index (χ1) is 12.7. The van der Waals surface area contributed by atoms with Crippen LogP contribution in [0.3, 0.4) is 0 Å². The molecule has 2 aliphatic rings. The van der Waals surface area contributed by atoms with Crippen molar-refractivity contribution in [3.05, 3.63) is 65.8 Å². The van der Waals surface area contributed by atoms with Crippen LogP contribution in [-0.2, 0) is 0 Å². The minimum absolute atomic E-state index is 0. The molecule has 0 heterocycles. The summed E-state index contributed by atoms with van der Waals surface area (Å²) in [5, 5.41) is 0. The summed E-state index contributed by atoms with van der Waals surface area (Å²) < 4.78 is 14.8. The van der Waals surface area contributed by atoms with Gasteiger partial charge in [-0.15, -0.1) is 0 Å². The molecule has 0 bridgehead atoms. The summed E-state index contributed by atoms with van der Waals surface area (Å²) in [5.41, 5.74) is 4.34. The third kappa shape index (κ3) is 5.41. The maximum absolute atomic E-state index is 14.8. The molecule has 0 atom stereocenters. The van der Waals surface area contributed by atoms with Gasteiger partial charge in [0.15, 0.2) is 0 Å². The van der Waals surface area contributed by atoms with E-state index >= 15 is 0 Å². The molecule has 27 heavy (non-hydrogen) atoms. The fourth-order valence-corrected chi connectivity index (χ4v) is 4.81. The smallest absolute Gasteiger partial charge is 0.328 e. The zero-order valence-corrected chi connectivity index (χ0v) is 21.8. The van der Waals surface area contributed by atoms with Gasteiger partial charge in [-0.05, 0) is 53.4 Å². The largest absolute Gasteiger partial charge is 1.00 e. The van der Waals surface area contributed by atoms with Crippen molar-refractivity contribution >= 4 is 0 Å². The van der Waals surface area contributed by atoms with Gasteiger partial charge >= 0.3 is 58.2 Å². The van der Waals surface area contributed by atoms with Crippen LogP contribution >= 0.6 is 0 Å². The molecule has 0 spiro atoms. The van der Waals surface area contributed by atoms with Crippen LogP contribution in [0.15, 0.2) is 42.5 Å². The molecule has 0 radical (unpaired) electrons. The van der Waals surface area contributed by atoms with Gasteiger partial charge in [-0.25, -0.2) is 4.39 Å². The van der Waals surface area contributed by atoms with Crippen molar-refractivity contribution in [1.82, 2.24) is 0 Å². The Balaban J connectivity index is 0.00000210. The van der Waals surface area contributed by atoms with E-state index in [9.17, 15) is 4.39 Å². The zero-order valence-electron chi connectivity index (χ0n) is 16.9. The Labute approximate surface area is 213 Å². The van der Waals surface area contributed by atoms with E-state index in [1.54, 1.807) is 6.07 Å². The summed E-state index contributed by atoms with van der Waals surface area (Å²) in [6.45, 7) is 2.33. The third-order valence-electron chi connectivity index (χ3n) is 6.61. The van der Waals surface area contributed by atoms with Crippen LogP contribution < -0.4 is 58.2 Å². The molecular weight excluding hydrogens is 405 g/mol. The Morgan fingerprint density at radius 1 is 0.778 bits per heavy atom. The van der Waals surface area contributed by atoms with Crippen molar-refractivity contribution in [2.75, 3.05) is 0 Å². The van der Waals surface area contributed by atoms with Gasteiger partial charge in [-0.3, -0.25) is 0 Å². The minimum atomic E-state index is -0.0684. The van der Waals surface area contributed by atoms with Crippen molar-refractivity contribution < 1.29 is 62.6 Å². The van der Waals surface area contributed by atoms with Crippen molar-refractivity contribution in [3.8, 4) is 11.1 Å². The molecule has 2 saturated carbocycles. The molecule has 0 saturated heterocycles. The first-order valence-corrected chi connectivity index (χ1v) is 10.4. The van der Waals surface area contributed by atoms with Crippen LogP contribution in [0.25, 0.3) is 11.1 Å². The van der Waals surface area contributed by atoms with E-state index in [2.05, 4.69) is 43.7 Å². The van der Waals surface area contributed by atoms with Gasteiger partial charge in [-0.2, -0.15) is 12.8 Å². The summed E-state index contributed by atoms with van der Waals surface area (Å²) >= 11 is 0. The summed E-state index contributed by atoms with van der Waals surface area (Å²) in [5.74, 6) is 1.98. The first kappa shape index (κ1) is 21.9. The van der Waals surface area contributed by atoms with Crippen LogP contribution in [0.1, 0.15) is 81.3 Å². The van der Waals surface area contributed by atoms with Crippen molar-refractivity contribution in [3.63, 3.8) is 0 Å². The molecule has 2 heteroatoms. The van der Waals surface area contributed by atoms with E-state index in [0.29, 0.717) is 11.8 Å². The number of halogens is 1. The van der Waals surface area contributed by atoms with E-state index in [4.69, 9.17) is 0 Å². The second-order valence-electron chi connectivity index (χ2n) is 8.46. The quantitative estimate of drug-likeness (QED) is 0.617. The molecule has 138 valence electrons. The molecule has 0 aliphatic heterocycles. The van der Waals surface area contributed by atoms with Crippen LogP contribution in [0.4, 0.5) is 4.39 Å². The summed E-state index contributed by atoms with van der Waals surface area (Å²) in [6.07, 6.45) is 12.3. The molecule has 0 aromatic heterocycles. The predicted octanol–water partition coefficient (Wildman–Crippen LogP) is 4.65. The Kier molecular flexibility index (Phi) is 8.33. The maximum atomic E-state index is 14.8. The van der Waals surface area contributed by atoms with Gasteiger partial charge in [-0.1, -0.05) is 69.0 Å². The van der Waals surface area contributed by atoms with Gasteiger partial charge in [0, 0.05) is 5.56 Å². The molecule has 4 rings (SSSR count). The van der Waals surface area contributed by atoms with Crippen LogP contribution in [0.5, 0.6) is 0 Å². The van der Waals surface area contributed by atoms with Crippen molar-refractivity contribution in [1.29, 1.82) is 0 Å². The standard InChI is InChI=1S/C25H30F.Rb/c1-18-7-9-21(10-8-18)23-15-16-24(25(26)17-23)22-13-11-20(12-14-22)19-5-3-2-4-6-19;/h2,11-19,21H,3-10H2,1H3;/q-1;+1. The van der Waals surface area contributed by atoms with E-state index in [1.165, 1.54) is 62.5 Å². The van der Waals surface area contributed by atoms with Gasteiger partial charge in [0.2, 0.25) is 0 Å². The monoisotopic (exact) mass is 434 g/mol.